The second-order valence-corrected chi connectivity index (χ2v) is 6.29. The molecule has 0 radical (unpaired) electrons. The number of carbonyl (C=O) groups is 1. The zero-order chi connectivity index (χ0) is 15.4. The number of halogens is 3. The van der Waals surface area contributed by atoms with Crippen LogP contribution in [0.3, 0.4) is 0 Å². The van der Waals surface area contributed by atoms with Crippen molar-refractivity contribution in [2.45, 2.75) is 13.0 Å². The van der Waals surface area contributed by atoms with Crippen LogP contribution in [0.2, 0.25) is 10.0 Å². The second kappa shape index (κ2) is 8.94. The Morgan fingerprint density at radius 1 is 1.27 bits per heavy atom. The van der Waals surface area contributed by atoms with Crippen molar-refractivity contribution < 1.29 is 21.9 Å². The summed E-state index contributed by atoms with van der Waals surface area (Å²) in [4.78, 5) is 16.7. The largest absolute Gasteiger partial charge is 1.00 e. The third kappa shape index (κ3) is 5.60. The van der Waals surface area contributed by atoms with E-state index in [1.54, 1.807) is 18.2 Å². The minimum Gasteiger partial charge on any atom is -1.00 e. The summed E-state index contributed by atoms with van der Waals surface area (Å²) >= 11 is 11.8. The predicted molar refractivity (Wildman–Crippen MR) is 85.3 cm³/mol. The summed E-state index contributed by atoms with van der Waals surface area (Å²) in [6.45, 7) is 6.73. The van der Waals surface area contributed by atoms with E-state index < -0.39 is 5.97 Å². The normalized spacial score (nSPS) is 17.6. The number of hydrogen-bond acceptors (Lipinski definition) is 4. The standard InChI is InChI=1S/C15H20Cl2N2O2.ClH/c1-11(10-19-7-5-18(2)6-8-19)21-15(20)13-4-3-12(16)9-14(13)17;/h3-4,9,11H,5-8,10H2,1-2H3;1H/p-1. The summed E-state index contributed by atoms with van der Waals surface area (Å²) in [6, 6.07) is 4.77. The van der Waals surface area contributed by atoms with E-state index in [1.807, 2.05) is 6.92 Å². The third-order valence-electron chi connectivity index (χ3n) is 3.57. The van der Waals surface area contributed by atoms with E-state index >= 15 is 0 Å². The molecule has 1 saturated heterocycles. The van der Waals surface area contributed by atoms with Crippen LogP contribution in [0.5, 0.6) is 0 Å². The van der Waals surface area contributed by atoms with E-state index in [2.05, 4.69) is 16.8 Å². The lowest BCUT2D eigenvalue weighted by Crippen LogP contribution is -3.00. The average molecular weight is 367 g/mol. The van der Waals surface area contributed by atoms with Crippen LogP contribution in [0.1, 0.15) is 17.3 Å². The van der Waals surface area contributed by atoms with Crippen molar-refractivity contribution in [1.29, 1.82) is 0 Å². The fraction of sp³-hybridized carbons (Fsp3) is 0.533. The van der Waals surface area contributed by atoms with Crippen LogP contribution in [-0.2, 0) is 4.74 Å². The molecule has 1 aliphatic heterocycles. The number of likely N-dealkylation sites (N-methyl/N-ethyl adjacent to an activating group) is 1. The average Bonchev–Trinajstić information content (AvgIpc) is 2.41. The molecule has 1 atom stereocenters. The highest BCUT2D eigenvalue weighted by Gasteiger charge is 2.20. The SMILES string of the molecule is CC(CN1CCN(C)CC1)OC(=O)c1ccc(Cl)cc1Cl.[Cl-]. The van der Waals surface area contributed by atoms with Crippen LogP contribution in [0.15, 0.2) is 18.2 Å². The molecule has 1 heterocycles. The second-order valence-electron chi connectivity index (χ2n) is 5.44. The Balaban J connectivity index is 0.00000242. The van der Waals surface area contributed by atoms with Gasteiger partial charge in [-0.3, -0.25) is 4.90 Å². The zero-order valence-corrected chi connectivity index (χ0v) is 15.0. The number of piperazine rings is 1. The Morgan fingerprint density at radius 3 is 2.50 bits per heavy atom. The first kappa shape index (κ1) is 19.5. The highest BCUT2D eigenvalue weighted by Crippen LogP contribution is 2.22. The van der Waals surface area contributed by atoms with Gasteiger partial charge in [0.05, 0.1) is 10.6 Å². The van der Waals surface area contributed by atoms with E-state index in [-0.39, 0.29) is 18.5 Å². The highest BCUT2D eigenvalue weighted by molar-refractivity contribution is 6.36. The third-order valence-corrected chi connectivity index (χ3v) is 4.12. The van der Waals surface area contributed by atoms with Crippen LogP contribution in [0, 0.1) is 0 Å². The number of rotatable bonds is 4. The van der Waals surface area contributed by atoms with Gasteiger partial charge in [0.1, 0.15) is 6.10 Å². The molecule has 1 fully saturated rings. The number of hydrogen-bond donors (Lipinski definition) is 0. The van der Waals surface area contributed by atoms with Gasteiger partial charge in [-0.05, 0) is 32.2 Å². The summed E-state index contributed by atoms with van der Waals surface area (Å²) in [5.74, 6) is -0.404. The van der Waals surface area contributed by atoms with Crippen molar-refractivity contribution in [3.63, 3.8) is 0 Å². The van der Waals surface area contributed by atoms with Crippen molar-refractivity contribution in [1.82, 2.24) is 9.80 Å². The molecule has 22 heavy (non-hydrogen) atoms. The molecule has 124 valence electrons. The van der Waals surface area contributed by atoms with Gasteiger partial charge in [0.15, 0.2) is 0 Å². The van der Waals surface area contributed by atoms with Crippen molar-refractivity contribution in [3.8, 4) is 0 Å². The van der Waals surface area contributed by atoms with Crippen molar-refractivity contribution in [2.75, 3.05) is 39.8 Å². The molecule has 7 heteroatoms. The fourth-order valence-electron chi connectivity index (χ4n) is 2.33. The van der Waals surface area contributed by atoms with Crippen LogP contribution < -0.4 is 12.4 Å². The first-order chi connectivity index (χ1) is 9.95. The first-order valence-corrected chi connectivity index (χ1v) is 7.78. The van der Waals surface area contributed by atoms with Gasteiger partial charge < -0.3 is 22.0 Å². The van der Waals surface area contributed by atoms with E-state index in [1.165, 1.54) is 0 Å². The molecule has 0 spiro atoms. The van der Waals surface area contributed by atoms with E-state index in [0.29, 0.717) is 15.6 Å². The van der Waals surface area contributed by atoms with Gasteiger partial charge >= 0.3 is 5.97 Å². The maximum absolute atomic E-state index is 12.1. The Labute approximate surface area is 147 Å². The highest BCUT2D eigenvalue weighted by atomic mass is 35.5. The molecule has 0 amide bonds. The van der Waals surface area contributed by atoms with Gasteiger partial charge in [0.2, 0.25) is 0 Å². The molecule has 4 nitrogen and oxygen atoms in total. The smallest absolute Gasteiger partial charge is 0.339 e. The molecule has 1 aliphatic rings. The monoisotopic (exact) mass is 365 g/mol. The maximum atomic E-state index is 12.1. The fourth-order valence-corrected chi connectivity index (χ4v) is 2.82. The van der Waals surface area contributed by atoms with Gasteiger partial charge in [-0.1, -0.05) is 23.2 Å². The molecule has 1 aromatic rings. The Morgan fingerprint density at radius 2 is 1.91 bits per heavy atom. The summed E-state index contributed by atoms with van der Waals surface area (Å²) in [5.41, 5.74) is 0.353. The number of ether oxygens (including phenoxy) is 1. The van der Waals surface area contributed by atoms with Crippen LogP contribution in [0.25, 0.3) is 0 Å². The molecular weight excluding hydrogens is 347 g/mol. The van der Waals surface area contributed by atoms with Crippen molar-refractivity contribution in [3.05, 3.63) is 33.8 Å². The lowest BCUT2D eigenvalue weighted by Gasteiger charge is -2.33. The van der Waals surface area contributed by atoms with Crippen molar-refractivity contribution in [2.24, 2.45) is 0 Å². The van der Waals surface area contributed by atoms with Gasteiger partial charge in [0, 0.05) is 37.7 Å². The molecule has 0 saturated carbocycles. The number of esters is 1. The Hall–Kier alpha value is -0.520. The van der Waals surface area contributed by atoms with Gasteiger partial charge in [-0.25, -0.2) is 4.79 Å². The lowest BCUT2D eigenvalue weighted by molar-refractivity contribution is -0.0000472. The van der Waals surface area contributed by atoms with E-state index in [4.69, 9.17) is 27.9 Å². The Bertz CT molecular complexity index is 506. The molecule has 1 aromatic carbocycles. The van der Waals surface area contributed by atoms with E-state index in [9.17, 15) is 4.79 Å². The molecule has 0 N–H and O–H groups in total. The summed E-state index contributed by atoms with van der Waals surface area (Å²) in [6.07, 6.45) is -0.173. The quantitative estimate of drug-likeness (QED) is 0.691. The molecule has 0 bridgehead atoms. The summed E-state index contributed by atoms with van der Waals surface area (Å²) in [7, 11) is 2.11. The van der Waals surface area contributed by atoms with Crippen LogP contribution in [0.4, 0.5) is 0 Å². The van der Waals surface area contributed by atoms with Gasteiger partial charge in [-0.2, -0.15) is 0 Å². The molecule has 0 aliphatic carbocycles. The molecule has 2 rings (SSSR count). The molecule has 0 aromatic heterocycles. The summed E-state index contributed by atoms with van der Waals surface area (Å²) in [5, 5.41) is 0.821. The van der Waals surface area contributed by atoms with Gasteiger partial charge in [-0.15, -0.1) is 0 Å². The van der Waals surface area contributed by atoms with Crippen LogP contribution in [-0.4, -0.2) is 61.6 Å². The molecular formula is C15H20Cl3N2O2-. The van der Waals surface area contributed by atoms with Gasteiger partial charge in [0.25, 0.3) is 0 Å². The number of nitrogens with zero attached hydrogens (tertiary/aromatic N) is 2. The first-order valence-electron chi connectivity index (χ1n) is 7.02. The van der Waals surface area contributed by atoms with Crippen LogP contribution >= 0.6 is 23.2 Å². The minimum atomic E-state index is -0.404. The zero-order valence-electron chi connectivity index (χ0n) is 12.7. The topological polar surface area (TPSA) is 32.8 Å². The lowest BCUT2D eigenvalue weighted by atomic mass is 10.2. The van der Waals surface area contributed by atoms with Crippen molar-refractivity contribution >= 4 is 29.2 Å². The summed E-state index contributed by atoms with van der Waals surface area (Å²) < 4.78 is 5.46. The Kier molecular flexibility index (Phi) is 7.94. The molecule has 1 unspecified atom stereocenters. The minimum absolute atomic E-state index is 0. The van der Waals surface area contributed by atoms with E-state index in [0.717, 1.165) is 32.7 Å². The maximum Gasteiger partial charge on any atom is 0.339 e. The number of benzene rings is 1. The number of carbonyl (C=O) groups excluding carboxylic acids is 1. The predicted octanol–water partition coefficient (Wildman–Crippen LogP) is -0.210.